The van der Waals surface area contributed by atoms with Crippen LogP contribution >= 0.6 is 0 Å². The minimum absolute atomic E-state index is 0.0149. The van der Waals surface area contributed by atoms with Crippen LogP contribution < -0.4 is 11.1 Å². The Balaban J connectivity index is 2.03. The number of carbonyl (C=O) groups excluding carboxylic acids is 2. The number of hydrogen-bond donors (Lipinski definition) is 2. The van der Waals surface area contributed by atoms with Crippen LogP contribution in [-0.2, 0) is 9.53 Å². The Kier molecular flexibility index (Phi) is 5.03. The lowest BCUT2D eigenvalue weighted by Crippen LogP contribution is -2.49. The van der Waals surface area contributed by atoms with Crippen molar-refractivity contribution in [3.63, 3.8) is 0 Å². The minimum Gasteiger partial charge on any atom is -0.375 e. The Morgan fingerprint density at radius 3 is 2.55 bits per heavy atom. The van der Waals surface area contributed by atoms with E-state index in [0.29, 0.717) is 24.3 Å². The molecule has 6 nitrogen and oxygen atoms in total. The number of ether oxygens (including phenoxy) is 1. The van der Waals surface area contributed by atoms with Crippen LogP contribution in [0.2, 0.25) is 0 Å². The molecule has 2 unspecified atom stereocenters. The van der Waals surface area contributed by atoms with Crippen LogP contribution in [-0.4, -0.2) is 48.6 Å². The number of rotatable bonds is 4. The van der Waals surface area contributed by atoms with E-state index in [0.717, 1.165) is 5.56 Å². The molecule has 1 heterocycles. The van der Waals surface area contributed by atoms with Gasteiger partial charge in [0.05, 0.1) is 24.3 Å². The molecule has 1 saturated heterocycles. The summed E-state index contributed by atoms with van der Waals surface area (Å²) in [5.74, 6) is -0.513. The van der Waals surface area contributed by atoms with Gasteiger partial charge in [-0.05, 0) is 32.4 Å². The number of benzene rings is 1. The molecule has 0 bridgehead atoms. The lowest BCUT2D eigenvalue weighted by Gasteiger charge is -2.35. The average molecular weight is 305 g/mol. The number of hydrogen-bond acceptors (Lipinski definition) is 4. The molecule has 1 aromatic rings. The van der Waals surface area contributed by atoms with Crippen LogP contribution in [0, 0.1) is 6.92 Å². The van der Waals surface area contributed by atoms with Crippen molar-refractivity contribution in [3.8, 4) is 0 Å². The van der Waals surface area contributed by atoms with Gasteiger partial charge in [-0.2, -0.15) is 0 Å². The zero-order valence-corrected chi connectivity index (χ0v) is 13.3. The monoisotopic (exact) mass is 305 g/mol. The van der Waals surface area contributed by atoms with Gasteiger partial charge in [0.2, 0.25) is 5.91 Å². The summed E-state index contributed by atoms with van der Waals surface area (Å²) >= 11 is 0. The van der Waals surface area contributed by atoms with E-state index in [4.69, 9.17) is 10.5 Å². The molecule has 1 aromatic carbocycles. The maximum atomic E-state index is 12.3. The van der Waals surface area contributed by atoms with E-state index in [1.807, 2.05) is 32.9 Å². The third-order valence-electron chi connectivity index (χ3n) is 3.72. The first-order chi connectivity index (χ1) is 10.4. The molecule has 2 atom stereocenters. The fourth-order valence-corrected chi connectivity index (χ4v) is 2.81. The van der Waals surface area contributed by atoms with Crippen molar-refractivity contribution in [1.29, 1.82) is 0 Å². The Morgan fingerprint density at radius 1 is 1.32 bits per heavy atom. The molecule has 22 heavy (non-hydrogen) atoms. The van der Waals surface area contributed by atoms with Gasteiger partial charge in [0, 0.05) is 18.8 Å². The van der Waals surface area contributed by atoms with Crippen molar-refractivity contribution in [3.05, 3.63) is 29.3 Å². The van der Waals surface area contributed by atoms with Gasteiger partial charge in [0.1, 0.15) is 0 Å². The topological polar surface area (TPSA) is 84.7 Å². The summed E-state index contributed by atoms with van der Waals surface area (Å²) in [6.07, 6.45) is 0.0701. The van der Waals surface area contributed by atoms with Crippen molar-refractivity contribution in [2.24, 2.45) is 5.73 Å². The van der Waals surface area contributed by atoms with E-state index < -0.39 is 5.91 Å². The highest BCUT2D eigenvalue weighted by atomic mass is 16.5. The molecule has 1 aliphatic rings. The van der Waals surface area contributed by atoms with E-state index >= 15 is 0 Å². The van der Waals surface area contributed by atoms with Gasteiger partial charge in [-0.1, -0.05) is 12.1 Å². The van der Waals surface area contributed by atoms with Crippen LogP contribution in [0.15, 0.2) is 18.2 Å². The highest BCUT2D eigenvalue weighted by Gasteiger charge is 2.25. The first-order valence-electron chi connectivity index (χ1n) is 7.45. The third kappa shape index (κ3) is 3.76. The maximum absolute atomic E-state index is 12.3. The van der Waals surface area contributed by atoms with Crippen molar-refractivity contribution >= 4 is 17.5 Å². The largest absolute Gasteiger partial charge is 0.375 e. The number of carbonyl (C=O) groups is 2. The Labute approximate surface area is 130 Å². The highest BCUT2D eigenvalue weighted by molar-refractivity contribution is 6.00. The number of anilines is 1. The first kappa shape index (κ1) is 16.3. The van der Waals surface area contributed by atoms with Gasteiger partial charge in [-0.25, -0.2) is 0 Å². The number of amides is 2. The zero-order chi connectivity index (χ0) is 16.3. The fraction of sp³-hybridized carbons (Fsp3) is 0.500. The molecular formula is C16H23N3O3. The lowest BCUT2D eigenvalue weighted by atomic mass is 10.1. The summed E-state index contributed by atoms with van der Waals surface area (Å²) in [6, 6.07) is 5.40. The van der Waals surface area contributed by atoms with Crippen LogP contribution in [0.25, 0.3) is 0 Å². The average Bonchev–Trinajstić information content (AvgIpc) is 2.43. The molecule has 3 N–H and O–H groups in total. The predicted molar refractivity (Wildman–Crippen MR) is 84.8 cm³/mol. The number of aryl methyl sites for hydroxylation is 1. The van der Waals surface area contributed by atoms with Gasteiger partial charge >= 0.3 is 0 Å². The lowest BCUT2D eigenvalue weighted by molar-refractivity contribution is -0.141. The summed E-state index contributed by atoms with van der Waals surface area (Å²) in [4.78, 5) is 25.6. The molecule has 1 fully saturated rings. The Bertz CT molecular complexity index is 564. The Hall–Kier alpha value is -2.08. The number of nitrogens with one attached hydrogen (secondary N) is 1. The SMILES string of the molecule is Cc1cccc(NCC(=O)N2CC(C)OC(C)C2)c1C(N)=O. The van der Waals surface area contributed by atoms with Gasteiger partial charge < -0.3 is 20.7 Å². The second-order valence-corrected chi connectivity index (χ2v) is 5.77. The quantitative estimate of drug-likeness (QED) is 0.873. The number of primary amides is 1. The fourth-order valence-electron chi connectivity index (χ4n) is 2.81. The summed E-state index contributed by atoms with van der Waals surface area (Å²) in [7, 11) is 0. The molecule has 0 aliphatic carbocycles. The Morgan fingerprint density at radius 2 is 1.95 bits per heavy atom. The second kappa shape index (κ2) is 6.79. The number of nitrogens with two attached hydrogens (primary N) is 1. The minimum atomic E-state index is -0.498. The van der Waals surface area contributed by atoms with Crippen LogP contribution in [0.4, 0.5) is 5.69 Å². The van der Waals surface area contributed by atoms with Crippen molar-refractivity contribution < 1.29 is 14.3 Å². The molecule has 1 aliphatic heterocycles. The van der Waals surface area contributed by atoms with E-state index in [1.165, 1.54) is 0 Å². The predicted octanol–water partition coefficient (Wildman–Crippen LogP) is 1.14. The number of morpholine rings is 1. The second-order valence-electron chi connectivity index (χ2n) is 5.77. The van der Waals surface area contributed by atoms with E-state index in [9.17, 15) is 9.59 Å². The first-order valence-corrected chi connectivity index (χ1v) is 7.45. The van der Waals surface area contributed by atoms with Crippen LogP contribution in [0.3, 0.4) is 0 Å². The summed E-state index contributed by atoms with van der Waals surface area (Å²) in [5.41, 5.74) is 7.22. The van der Waals surface area contributed by atoms with Crippen LogP contribution in [0.1, 0.15) is 29.8 Å². The van der Waals surface area contributed by atoms with Gasteiger partial charge in [0.15, 0.2) is 0 Å². The molecule has 6 heteroatoms. The summed E-state index contributed by atoms with van der Waals surface area (Å²) in [5, 5.41) is 3.03. The molecule has 0 saturated carbocycles. The summed E-state index contributed by atoms with van der Waals surface area (Å²) < 4.78 is 5.62. The normalized spacial score (nSPS) is 21.5. The van der Waals surface area contributed by atoms with Crippen molar-refractivity contribution in [2.45, 2.75) is 33.0 Å². The zero-order valence-electron chi connectivity index (χ0n) is 13.3. The van der Waals surface area contributed by atoms with Gasteiger partial charge in [-0.3, -0.25) is 9.59 Å². The van der Waals surface area contributed by atoms with Crippen molar-refractivity contribution in [2.75, 3.05) is 25.0 Å². The van der Waals surface area contributed by atoms with E-state index in [2.05, 4.69) is 5.32 Å². The van der Waals surface area contributed by atoms with Crippen LogP contribution in [0.5, 0.6) is 0 Å². The molecule has 0 spiro atoms. The molecular weight excluding hydrogens is 282 g/mol. The summed E-state index contributed by atoms with van der Waals surface area (Å²) in [6.45, 7) is 7.02. The van der Waals surface area contributed by atoms with E-state index in [1.54, 1.807) is 11.0 Å². The molecule has 2 rings (SSSR count). The smallest absolute Gasteiger partial charge is 0.251 e. The third-order valence-corrected chi connectivity index (χ3v) is 3.72. The standard InChI is InChI=1S/C16H23N3O3/c1-10-5-4-6-13(15(10)16(17)21)18-7-14(20)19-8-11(2)22-12(3)9-19/h4-6,11-12,18H,7-9H2,1-3H3,(H2,17,21). The molecule has 2 amide bonds. The molecule has 0 aromatic heterocycles. The van der Waals surface area contributed by atoms with Gasteiger partial charge in [0.25, 0.3) is 5.91 Å². The molecule has 120 valence electrons. The van der Waals surface area contributed by atoms with Crippen molar-refractivity contribution in [1.82, 2.24) is 4.90 Å². The van der Waals surface area contributed by atoms with E-state index in [-0.39, 0.29) is 24.7 Å². The van der Waals surface area contributed by atoms with Gasteiger partial charge in [-0.15, -0.1) is 0 Å². The highest BCUT2D eigenvalue weighted by Crippen LogP contribution is 2.19. The molecule has 0 radical (unpaired) electrons. The maximum Gasteiger partial charge on any atom is 0.251 e. The number of nitrogens with zero attached hydrogens (tertiary/aromatic N) is 1.